The molecule has 0 amide bonds. The third-order valence-electron chi connectivity index (χ3n) is 3.55. The first-order valence-corrected chi connectivity index (χ1v) is 9.08. The second-order valence-electron chi connectivity index (χ2n) is 6.28. The van der Waals surface area contributed by atoms with Crippen LogP contribution in [0.4, 0.5) is 0 Å². The first-order valence-electron chi connectivity index (χ1n) is 8.70. The minimum absolute atomic E-state index is 0. The molecule has 0 spiro atoms. The minimum Gasteiger partial charge on any atom is -0.486 e. The lowest BCUT2D eigenvalue weighted by atomic mass is 10.2. The molecule has 2 rings (SSSR count). The first-order chi connectivity index (χ1) is 12.1. The van der Waals surface area contributed by atoms with Crippen molar-refractivity contribution in [1.29, 1.82) is 0 Å². The van der Waals surface area contributed by atoms with Crippen molar-refractivity contribution in [1.82, 2.24) is 10.6 Å². The highest BCUT2D eigenvalue weighted by Gasteiger charge is 2.16. The molecule has 8 heteroatoms. The summed E-state index contributed by atoms with van der Waals surface area (Å²) in [6.07, 6.45) is 0.934. The van der Waals surface area contributed by atoms with E-state index < -0.39 is 0 Å². The van der Waals surface area contributed by atoms with Crippen molar-refractivity contribution in [2.45, 2.75) is 26.8 Å². The molecule has 0 unspecified atom stereocenters. The molecule has 26 heavy (non-hydrogen) atoms. The highest BCUT2D eigenvalue weighted by Crippen LogP contribution is 2.38. The number of hydrogen-bond donors (Lipinski definition) is 2. The molecule has 1 heterocycles. The Labute approximate surface area is 178 Å². The molecule has 2 N–H and O–H groups in total. The van der Waals surface area contributed by atoms with E-state index in [-0.39, 0.29) is 24.0 Å². The monoisotopic (exact) mass is 497 g/mol. The average molecular weight is 498 g/mol. The van der Waals surface area contributed by atoms with E-state index in [1.165, 1.54) is 0 Å². The summed E-state index contributed by atoms with van der Waals surface area (Å²) >= 11 is 6.26. The third-order valence-corrected chi connectivity index (χ3v) is 3.83. The van der Waals surface area contributed by atoms with Crippen molar-refractivity contribution in [2.24, 2.45) is 10.9 Å². The summed E-state index contributed by atoms with van der Waals surface area (Å²) in [5.74, 6) is 2.64. The third kappa shape index (κ3) is 7.75. The van der Waals surface area contributed by atoms with Crippen LogP contribution in [0.15, 0.2) is 17.1 Å². The second kappa shape index (κ2) is 12.5. The maximum atomic E-state index is 6.26. The topological polar surface area (TPSA) is 64.1 Å². The zero-order chi connectivity index (χ0) is 18.1. The van der Waals surface area contributed by atoms with Crippen molar-refractivity contribution in [3.8, 4) is 11.5 Å². The number of guanidine groups is 1. The van der Waals surface area contributed by atoms with Gasteiger partial charge in [-0.25, -0.2) is 0 Å². The van der Waals surface area contributed by atoms with Crippen molar-refractivity contribution in [3.63, 3.8) is 0 Å². The summed E-state index contributed by atoms with van der Waals surface area (Å²) in [5, 5.41) is 7.12. The summed E-state index contributed by atoms with van der Waals surface area (Å²) in [7, 11) is 1.75. The van der Waals surface area contributed by atoms with E-state index in [4.69, 9.17) is 25.8 Å². The molecule has 0 saturated carbocycles. The van der Waals surface area contributed by atoms with E-state index in [0.717, 1.165) is 37.7 Å². The average Bonchev–Trinajstić information content (AvgIpc) is 2.60. The number of aliphatic imine (C=N–C) groups is 1. The van der Waals surface area contributed by atoms with Gasteiger partial charge in [-0.3, -0.25) is 4.99 Å². The first kappa shape index (κ1) is 23.1. The highest BCUT2D eigenvalue weighted by molar-refractivity contribution is 14.0. The van der Waals surface area contributed by atoms with Crippen molar-refractivity contribution >= 4 is 41.5 Å². The van der Waals surface area contributed by atoms with E-state index >= 15 is 0 Å². The molecule has 0 saturated heterocycles. The van der Waals surface area contributed by atoms with Gasteiger partial charge in [0.15, 0.2) is 17.5 Å². The summed E-state index contributed by atoms with van der Waals surface area (Å²) in [6, 6.07) is 3.83. The molecule has 0 fully saturated rings. The molecule has 0 radical (unpaired) electrons. The highest BCUT2D eigenvalue weighted by atomic mass is 127. The summed E-state index contributed by atoms with van der Waals surface area (Å²) in [5.41, 5.74) is 1.01. The number of benzene rings is 1. The van der Waals surface area contributed by atoms with Crippen LogP contribution in [0.3, 0.4) is 0 Å². The van der Waals surface area contributed by atoms with Gasteiger partial charge in [0, 0.05) is 33.4 Å². The van der Waals surface area contributed by atoms with Gasteiger partial charge < -0.3 is 24.8 Å². The van der Waals surface area contributed by atoms with Gasteiger partial charge in [0.1, 0.15) is 13.2 Å². The second-order valence-corrected chi connectivity index (χ2v) is 6.68. The van der Waals surface area contributed by atoms with Crippen LogP contribution in [-0.2, 0) is 11.3 Å². The number of fused-ring (bicyclic) bond motifs is 1. The Morgan fingerprint density at radius 3 is 2.77 bits per heavy atom. The van der Waals surface area contributed by atoms with E-state index in [2.05, 4.69) is 29.5 Å². The van der Waals surface area contributed by atoms with Crippen LogP contribution in [0.2, 0.25) is 5.02 Å². The molecular weight excluding hydrogens is 469 g/mol. The maximum absolute atomic E-state index is 6.26. The van der Waals surface area contributed by atoms with Crippen LogP contribution < -0.4 is 20.1 Å². The normalized spacial score (nSPS) is 13.3. The molecule has 1 aliphatic rings. The molecular formula is C18H29ClIN3O3. The lowest BCUT2D eigenvalue weighted by Crippen LogP contribution is -2.37. The number of rotatable bonds is 8. The number of nitrogens with zero attached hydrogens (tertiary/aromatic N) is 1. The van der Waals surface area contributed by atoms with Gasteiger partial charge in [0.25, 0.3) is 0 Å². The number of halogens is 2. The number of nitrogens with one attached hydrogen (secondary N) is 2. The fraction of sp³-hybridized carbons (Fsp3) is 0.611. The molecule has 0 aliphatic carbocycles. The molecule has 6 nitrogen and oxygen atoms in total. The molecule has 1 aromatic carbocycles. The quantitative estimate of drug-likeness (QED) is 0.249. The Balaban J connectivity index is 0.00000338. The van der Waals surface area contributed by atoms with Gasteiger partial charge in [-0.15, -0.1) is 24.0 Å². The summed E-state index contributed by atoms with van der Waals surface area (Å²) in [6.45, 7) is 8.32. The Bertz CT molecular complexity index is 585. The van der Waals surface area contributed by atoms with Crippen LogP contribution in [0.1, 0.15) is 25.8 Å². The molecule has 1 aliphatic heterocycles. The van der Waals surface area contributed by atoms with Gasteiger partial charge in [0.05, 0.1) is 5.02 Å². The molecule has 0 aromatic heterocycles. The smallest absolute Gasteiger partial charge is 0.191 e. The van der Waals surface area contributed by atoms with Gasteiger partial charge >= 0.3 is 0 Å². The standard InChI is InChI=1S/C18H28ClN3O3.HI/c1-13(2)12-23-6-4-5-21-18(20-3)22-11-14-9-15(19)17-16(10-14)24-7-8-25-17;/h9-10,13H,4-8,11-12H2,1-3H3,(H2,20,21,22);1H. The van der Waals surface area contributed by atoms with Crippen molar-refractivity contribution in [3.05, 3.63) is 22.7 Å². The van der Waals surface area contributed by atoms with Gasteiger partial charge in [-0.2, -0.15) is 0 Å². The predicted octanol–water partition coefficient (Wildman–Crippen LogP) is 3.46. The zero-order valence-electron chi connectivity index (χ0n) is 15.6. The van der Waals surface area contributed by atoms with Crippen molar-refractivity contribution in [2.75, 3.05) is 40.0 Å². The largest absolute Gasteiger partial charge is 0.486 e. The molecule has 148 valence electrons. The van der Waals surface area contributed by atoms with Crippen LogP contribution in [0, 0.1) is 5.92 Å². The summed E-state index contributed by atoms with van der Waals surface area (Å²) < 4.78 is 16.7. The van der Waals surface area contributed by atoms with Crippen LogP contribution in [0.25, 0.3) is 0 Å². The fourth-order valence-electron chi connectivity index (χ4n) is 2.37. The Kier molecular flexibility index (Phi) is 11.1. The van der Waals surface area contributed by atoms with Gasteiger partial charge in [0.2, 0.25) is 0 Å². The van der Waals surface area contributed by atoms with E-state index in [1.54, 1.807) is 7.05 Å². The molecule has 1 aromatic rings. The predicted molar refractivity (Wildman–Crippen MR) is 116 cm³/mol. The summed E-state index contributed by atoms with van der Waals surface area (Å²) in [4.78, 5) is 4.22. The Hall–Kier alpha value is -0.930. The van der Waals surface area contributed by atoms with Crippen molar-refractivity contribution < 1.29 is 14.2 Å². The number of ether oxygens (including phenoxy) is 3. The Morgan fingerprint density at radius 1 is 1.27 bits per heavy atom. The fourth-order valence-corrected chi connectivity index (χ4v) is 2.66. The van der Waals surface area contributed by atoms with Gasteiger partial charge in [-0.05, 0) is 30.0 Å². The van der Waals surface area contributed by atoms with Crippen LogP contribution in [0.5, 0.6) is 11.5 Å². The zero-order valence-corrected chi connectivity index (χ0v) is 18.7. The van der Waals surface area contributed by atoms with Crippen LogP contribution in [-0.4, -0.2) is 46.0 Å². The van der Waals surface area contributed by atoms with E-state index in [1.807, 2.05) is 12.1 Å². The lowest BCUT2D eigenvalue weighted by molar-refractivity contribution is 0.108. The SMILES string of the molecule is CN=C(NCCCOCC(C)C)NCc1cc(Cl)c2c(c1)OCCO2.I. The Morgan fingerprint density at radius 2 is 2.04 bits per heavy atom. The maximum Gasteiger partial charge on any atom is 0.191 e. The molecule has 0 bridgehead atoms. The van der Waals surface area contributed by atoms with E-state index in [0.29, 0.717) is 42.2 Å². The minimum atomic E-state index is 0. The van der Waals surface area contributed by atoms with E-state index in [9.17, 15) is 0 Å². The van der Waals surface area contributed by atoms with Gasteiger partial charge in [-0.1, -0.05) is 25.4 Å². The lowest BCUT2D eigenvalue weighted by Gasteiger charge is -2.20. The molecule has 0 atom stereocenters. The number of hydrogen-bond acceptors (Lipinski definition) is 4. The van der Waals surface area contributed by atoms with Crippen LogP contribution >= 0.6 is 35.6 Å².